The van der Waals surface area contributed by atoms with E-state index in [1.165, 1.54) is 0 Å². The van der Waals surface area contributed by atoms with Crippen LogP contribution in [0.5, 0.6) is 11.5 Å². The standard InChI is InChI=1S/C17H15BrO3/c1-20-16-7-6-11(8-13(16)18)9-14(19)17-10-12-4-2-3-5-15(12)21-17/h2-8,17H,9-10H2,1H3. The minimum atomic E-state index is -0.372. The summed E-state index contributed by atoms with van der Waals surface area (Å²) in [5.41, 5.74) is 2.05. The molecule has 0 spiro atoms. The summed E-state index contributed by atoms with van der Waals surface area (Å²) in [6.07, 6.45) is 0.649. The first-order valence-corrected chi connectivity index (χ1v) is 7.56. The van der Waals surface area contributed by atoms with Crippen LogP contribution < -0.4 is 9.47 Å². The van der Waals surface area contributed by atoms with E-state index in [9.17, 15) is 4.79 Å². The molecule has 0 aliphatic carbocycles. The van der Waals surface area contributed by atoms with Crippen LogP contribution in [0.25, 0.3) is 0 Å². The zero-order chi connectivity index (χ0) is 14.8. The zero-order valence-corrected chi connectivity index (χ0v) is 13.2. The van der Waals surface area contributed by atoms with Crippen molar-refractivity contribution in [2.75, 3.05) is 7.11 Å². The molecule has 1 aliphatic rings. The molecular weight excluding hydrogens is 332 g/mol. The lowest BCUT2D eigenvalue weighted by molar-refractivity contribution is -0.124. The van der Waals surface area contributed by atoms with Crippen LogP contribution in [0, 0.1) is 0 Å². The van der Waals surface area contributed by atoms with Crippen LogP contribution in [0.2, 0.25) is 0 Å². The summed E-state index contributed by atoms with van der Waals surface area (Å²) in [5.74, 6) is 1.69. The van der Waals surface area contributed by atoms with Gasteiger partial charge >= 0.3 is 0 Å². The molecule has 1 heterocycles. The first-order chi connectivity index (χ1) is 10.2. The Morgan fingerprint density at radius 1 is 1.33 bits per heavy atom. The molecule has 0 N–H and O–H groups in total. The van der Waals surface area contributed by atoms with Gasteiger partial charge in [-0.3, -0.25) is 4.79 Å². The quantitative estimate of drug-likeness (QED) is 0.848. The van der Waals surface area contributed by atoms with E-state index in [-0.39, 0.29) is 11.9 Å². The highest BCUT2D eigenvalue weighted by Crippen LogP contribution is 2.30. The number of halogens is 1. The number of hydrogen-bond acceptors (Lipinski definition) is 3. The summed E-state index contributed by atoms with van der Waals surface area (Å²) in [6.45, 7) is 0. The second-order valence-corrected chi connectivity index (χ2v) is 5.88. The number of Topliss-reactive ketones (excluding diaryl/α,β-unsaturated/α-hetero) is 1. The van der Waals surface area contributed by atoms with Crippen LogP contribution in [0.1, 0.15) is 11.1 Å². The van der Waals surface area contributed by atoms with E-state index in [1.54, 1.807) is 7.11 Å². The third-order valence-corrected chi connectivity index (χ3v) is 4.22. The lowest BCUT2D eigenvalue weighted by Crippen LogP contribution is -2.26. The molecule has 3 nitrogen and oxygen atoms in total. The van der Waals surface area contributed by atoms with Gasteiger partial charge in [-0.2, -0.15) is 0 Å². The molecule has 0 bridgehead atoms. The van der Waals surface area contributed by atoms with Crippen LogP contribution in [0.3, 0.4) is 0 Å². The van der Waals surface area contributed by atoms with Gasteiger partial charge in [-0.1, -0.05) is 24.3 Å². The molecule has 3 rings (SSSR count). The molecule has 0 radical (unpaired) electrons. The maximum absolute atomic E-state index is 12.4. The number of hydrogen-bond donors (Lipinski definition) is 0. The molecule has 0 fully saturated rings. The lowest BCUT2D eigenvalue weighted by Gasteiger charge is -2.10. The topological polar surface area (TPSA) is 35.5 Å². The lowest BCUT2D eigenvalue weighted by atomic mass is 10.0. The van der Waals surface area contributed by atoms with Gasteiger partial charge in [0.05, 0.1) is 11.6 Å². The van der Waals surface area contributed by atoms with Crippen LogP contribution >= 0.6 is 15.9 Å². The van der Waals surface area contributed by atoms with E-state index >= 15 is 0 Å². The Morgan fingerprint density at radius 3 is 2.86 bits per heavy atom. The highest BCUT2D eigenvalue weighted by molar-refractivity contribution is 9.10. The van der Waals surface area contributed by atoms with Gasteiger partial charge < -0.3 is 9.47 Å². The second-order valence-electron chi connectivity index (χ2n) is 5.03. The first kappa shape index (κ1) is 14.1. The fourth-order valence-corrected chi connectivity index (χ4v) is 3.08. The number of methoxy groups -OCH3 is 1. The summed E-state index contributed by atoms with van der Waals surface area (Å²) in [6, 6.07) is 13.5. The van der Waals surface area contributed by atoms with Gasteiger partial charge in [-0.25, -0.2) is 0 Å². The number of ether oxygens (including phenoxy) is 2. The van der Waals surface area contributed by atoms with Crippen molar-refractivity contribution in [2.45, 2.75) is 18.9 Å². The van der Waals surface area contributed by atoms with Crippen molar-refractivity contribution in [1.82, 2.24) is 0 Å². The third-order valence-electron chi connectivity index (χ3n) is 3.60. The smallest absolute Gasteiger partial charge is 0.177 e. The molecule has 4 heteroatoms. The Kier molecular flexibility index (Phi) is 3.97. The van der Waals surface area contributed by atoms with Crippen molar-refractivity contribution in [3.05, 3.63) is 58.1 Å². The molecule has 2 aromatic carbocycles. The molecule has 0 saturated heterocycles. The van der Waals surface area contributed by atoms with Crippen molar-refractivity contribution >= 4 is 21.7 Å². The maximum atomic E-state index is 12.4. The number of benzene rings is 2. The Hall–Kier alpha value is -1.81. The molecular formula is C17H15BrO3. The van der Waals surface area contributed by atoms with E-state index in [0.717, 1.165) is 27.1 Å². The van der Waals surface area contributed by atoms with Gasteiger partial charge in [0.2, 0.25) is 0 Å². The Morgan fingerprint density at radius 2 is 2.14 bits per heavy atom. The molecule has 21 heavy (non-hydrogen) atoms. The predicted molar refractivity (Wildman–Crippen MR) is 84.0 cm³/mol. The van der Waals surface area contributed by atoms with Crippen LogP contribution in [-0.4, -0.2) is 19.0 Å². The van der Waals surface area contributed by atoms with Gasteiger partial charge in [0.15, 0.2) is 11.9 Å². The number of carbonyl (C=O) groups excluding carboxylic acids is 1. The Balaban J connectivity index is 1.69. The molecule has 0 aromatic heterocycles. The Labute approximate surface area is 132 Å². The van der Waals surface area contributed by atoms with Crippen molar-refractivity contribution in [2.24, 2.45) is 0 Å². The SMILES string of the molecule is COc1ccc(CC(=O)C2Cc3ccccc3O2)cc1Br. The molecule has 0 saturated carbocycles. The van der Waals surface area contributed by atoms with Gasteiger partial charge in [-0.15, -0.1) is 0 Å². The summed E-state index contributed by atoms with van der Waals surface area (Å²) in [5, 5.41) is 0. The molecule has 1 unspecified atom stereocenters. The number of fused-ring (bicyclic) bond motifs is 1. The van der Waals surface area contributed by atoms with E-state index < -0.39 is 0 Å². The fourth-order valence-electron chi connectivity index (χ4n) is 2.50. The average Bonchev–Trinajstić information content (AvgIpc) is 2.91. The van der Waals surface area contributed by atoms with Crippen LogP contribution in [0.15, 0.2) is 46.9 Å². The predicted octanol–water partition coefficient (Wildman–Crippen LogP) is 3.57. The minimum Gasteiger partial charge on any atom is -0.496 e. The summed E-state index contributed by atoms with van der Waals surface area (Å²) in [7, 11) is 1.62. The zero-order valence-electron chi connectivity index (χ0n) is 11.6. The number of carbonyl (C=O) groups is 1. The van der Waals surface area contributed by atoms with Crippen LogP contribution in [0.4, 0.5) is 0 Å². The summed E-state index contributed by atoms with van der Waals surface area (Å²) in [4.78, 5) is 12.4. The first-order valence-electron chi connectivity index (χ1n) is 6.77. The van der Waals surface area contributed by atoms with E-state index in [1.807, 2.05) is 42.5 Å². The van der Waals surface area contributed by atoms with Crippen molar-refractivity contribution < 1.29 is 14.3 Å². The van der Waals surface area contributed by atoms with Crippen molar-refractivity contribution in [1.29, 1.82) is 0 Å². The van der Waals surface area contributed by atoms with Gasteiger partial charge in [0.25, 0.3) is 0 Å². The minimum absolute atomic E-state index is 0.100. The van der Waals surface area contributed by atoms with Crippen LogP contribution in [-0.2, 0) is 17.6 Å². The largest absolute Gasteiger partial charge is 0.496 e. The maximum Gasteiger partial charge on any atom is 0.177 e. The van der Waals surface area contributed by atoms with Crippen molar-refractivity contribution in [3.8, 4) is 11.5 Å². The van der Waals surface area contributed by atoms with E-state index in [4.69, 9.17) is 9.47 Å². The fraction of sp³-hybridized carbons (Fsp3) is 0.235. The second kappa shape index (κ2) is 5.90. The number of ketones is 1. The van der Waals surface area contributed by atoms with Gasteiger partial charge in [-0.05, 0) is 45.3 Å². The van der Waals surface area contributed by atoms with E-state index in [0.29, 0.717) is 12.8 Å². The van der Waals surface area contributed by atoms with E-state index in [2.05, 4.69) is 15.9 Å². The van der Waals surface area contributed by atoms with Gasteiger partial charge in [0, 0.05) is 12.8 Å². The Bertz CT molecular complexity index is 656. The average molecular weight is 347 g/mol. The molecule has 0 amide bonds. The monoisotopic (exact) mass is 346 g/mol. The summed E-state index contributed by atoms with van der Waals surface area (Å²) < 4.78 is 11.8. The molecule has 108 valence electrons. The molecule has 2 aromatic rings. The normalized spacial score (nSPS) is 16.2. The van der Waals surface area contributed by atoms with Gasteiger partial charge in [0.1, 0.15) is 11.5 Å². The highest BCUT2D eigenvalue weighted by Gasteiger charge is 2.28. The number of para-hydroxylation sites is 1. The van der Waals surface area contributed by atoms with Crippen molar-refractivity contribution in [3.63, 3.8) is 0 Å². The highest BCUT2D eigenvalue weighted by atomic mass is 79.9. The molecule has 1 aliphatic heterocycles. The molecule has 1 atom stereocenters. The third kappa shape index (κ3) is 2.95. The summed E-state index contributed by atoms with van der Waals surface area (Å²) >= 11 is 3.44. The number of rotatable bonds is 4.